The van der Waals surface area contributed by atoms with E-state index in [1.54, 1.807) is 7.11 Å². The Bertz CT molecular complexity index is 651. The molecule has 2 heterocycles. The minimum absolute atomic E-state index is 0.782. The van der Waals surface area contributed by atoms with Gasteiger partial charge >= 0.3 is 0 Å². The molecule has 0 spiro atoms. The first-order chi connectivity index (χ1) is 11.3. The molecule has 0 saturated carbocycles. The lowest BCUT2D eigenvalue weighted by molar-refractivity contribution is 0.417. The van der Waals surface area contributed by atoms with Crippen LogP contribution in [0.4, 0.5) is 17.3 Å². The van der Waals surface area contributed by atoms with Crippen LogP contribution in [0.5, 0.6) is 5.75 Å². The van der Waals surface area contributed by atoms with Crippen molar-refractivity contribution >= 4 is 17.3 Å². The Morgan fingerprint density at radius 2 is 1.78 bits per heavy atom. The Kier molecular flexibility index (Phi) is 4.95. The van der Waals surface area contributed by atoms with Crippen LogP contribution in [0.2, 0.25) is 0 Å². The number of methoxy groups -OCH3 is 1. The number of hydrogen-bond donors (Lipinski definition) is 1. The van der Waals surface area contributed by atoms with Crippen LogP contribution in [0, 0.1) is 6.92 Å². The number of aromatic nitrogens is 2. The van der Waals surface area contributed by atoms with Crippen LogP contribution >= 0.6 is 0 Å². The average Bonchev–Trinajstić information content (AvgIpc) is 2.84. The minimum atomic E-state index is 0.782. The van der Waals surface area contributed by atoms with E-state index in [0.29, 0.717) is 0 Å². The molecule has 0 aliphatic carbocycles. The first kappa shape index (κ1) is 15.6. The van der Waals surface area contributed by atoms with E-state index < -0.39 is 0 Å². The number of anilines is 3. The molecule has 122 valence electrons. The Morgan fingerprint density at radius 1 is 1.04 bits per heavy atom. The van der Waals surface area contributed by atoms with Gasteiger partial charge in [0.2, 0.25) is 0 Å². The normalized spacial score (nSPS) is 15.1. The SMILES string of the molecule is COc1ccccc1Nc1cc(N2CCCCCC2)nc(C)n1. The van der Waals surface area contributed by atoms with Gasteiger partial charge in [0, 0.05) is 19.2 Å². The number of hydrogen-bond acceptors (Lipinski definition) is 5. The van der Waals surface area contributed by atoms with Gasteiger partial charge in [0.05, 0.1) is 12.8 Å². The van der Waals surface area contributed by atoms with Crippen LogP contribution < -0.4 is 15.0 Å². The molecule has 1 aliphatic rings. The van der Waals surface area contributed by atoms with E-state index in [2.05, 4.69) is 20.2 Å². The summed E-state index contributed by atoms with van der Waals surface area (Å²) in [6.45, 7) is 4.09. The summed E-state index contributed by atoms with van der Waals surface area (Å²) in [5.74, 6) is 3.40. The Balaban J connectivity index is 1.85. The second-order valence-electron chi connectivity index (χ2n) is 5.89. The second kappa shape index (κ2) is 7.31. The quantitative estimate of drug-likeness (QED) is 0.927. The fourth-order valence-corrected chi connectivity index (χ4v) is 2.96. The molecule has 1 N–H and O–H groups in total. The third-order valence-corrected chi connectivity index (χ3v) is 4.12. The number of benzene rings is 1. The highest BCUT2D eigenvalue weighted by Gasteiger charge is 2.13. The summed E-state index contributed by atoms with van der Waals surface area (Å²) in [5.41, 5.74) is 0.912. The smallest absolute Gasteiger partial charge is 0.142 e. The highest BCUT2D eigenvalue weighted by Crippen LogP contribution is 2.28. The van der Waals surface area contributed by atoms with Gasteiger partial charge < -0.3 is 15.0 Å². The van der Waals surface area contributed by atoms with Crippen LogP contribution in [0.1, 0.15) is 31.5 Å². The number of ether oxygens (including phenoxy) is 1. The Labute approximate surface area is 137 Å². The van der Waals surface area contributed by atoms with Gasteiger partial charge in [-0.2, -0.15) is 0 Å². The molecule has 0 bridgehead atoms. The van der Waals surface area contributed by atoms with Crippen LogP contribution in [0.15, 0.2) is 30.3 Å². The summed E-state index contributed by atoms with van der Waals surface area (Å²) >= 11 is 0. The number of nitrogens with zero attached hydrogens (tertiary/aromatic N) is 3. The lowest BCUT2D eigenvalue weighted by atomic mass is 10.2. The van der Waals surface area contributed by atoms with Crippen molar-refractivity contribution < 1.29 is 4.74 Å². The van der Waals surface area contributed by atoms with Crippen molar-refractivity contribution in [1.29, 1.82) is 0 Å². The summed E-state index contributed by atoms with van der Waals surface area (Å²) in [6.07, 6.45) is 5.09. The molecular formula is C18H24N4O. The van der Waals surface area contributed by atoms with Crippen molar-refractivity contribution in [2.24, 2.45) is 0 Å². The third kappa shape index (κ3) is 3.92. The van der Waals surface area contributed by atoms with E-state index in [4.69, 9.17) is 4.74 Å². The largest absolute Gasteiger partial charge is 0.495 e. The van der Waals surface area contributed by atoms with Gasteiger partial charge in [-0.05, 0) is 31.9 Å². The van der Waals surface area contributed by atoms with E-state index in [-0.39, 0.29) is 0 Å². The summed E-state index contributed by atoms with van der Waals surface area (Å²) in [5, 5.41) is 3.36. The molecule has 1 aromatic carbocycles. The Hall–Kier alpha value is -2.30. The van der Waals surface area contributed by atoms with Gasteiger partial charge in [-0.15, -0.1) is 0 Å². The molecule has 1 aliphatic heterocycles. The maximum atomic E-state index is 5.39. The lowest BCUT2D eigenvalue weighted by Crippen LogP contribution is -2.25. The van der Waals surface area contributed by atoms with Gasteiger partial charge in [-0.1, -0.05) is 25.0 Å². The van der Waals surface area contributed by atoms with Crippen molar-refractivity contribution in [3.05, 3.63) is 36.2 Å². The highest BCUT2D eigenvalue weighted by atomic mass is 16.5. The van der Waals surface area contributed by atoms with Gasteiger partial charge in [-0.25, -0.2) is 9.97 Å². The third-order valence-electron chi connectivity index (χ3n) is 4.12. The molecule has 5 heteroatoms. The zero-order valence-corrected chi connectivity index (χ0v) is 13.9. The molecule has 0 unspecified atom stereocenters. The molecule has 5 nitrogen and oxygen atoms in total. The first-order valence-corrected chi connectivity index (χ1v) is 8.27. The van der Waals surface area contributed by atoms with Crippen LogP contribution in [0.3, 0.4) is 0 Å². The van der Waals surface area contributed by atoms with E-state index in [9.17, 15) is 0 Å². The topological polar surface area (TPSA) is 50.3 Å². The first-order valence-electron chi connectivity index (χ1n) is 8.27. The van der Waals surface area contributed by atoms with Crippen LogP contribution in [-0.4, -0.2) is 30.2 Å². The summed E-state index contributed by atoms with van der Waals surface area (Å²) in [7, 11) is 1.68. The van der Waals surface area contributed by atoms with E-state index in [1.165, 1.54) is 25.7 Å². The van der Waals surface area contributed by atoms with Gasteiger partial charge in [-0.3, -0.25) is 0 Å². The fourth-order valence-electron chi connectivity index (χ4n) is 2.96. The molecule has 0 amide bonds. The molecule has 1 saturated heterocycles. The Morgan fingerprint density at radius 3 is 2.52 bits per heavy atom. The molecule has 2 aromatic rings. The summed E-state index contributed by atoms with van der Waals surface area (Å²) < 4.78 is 5.39. The summed E-state index contributed by atoms with van der Waals surface area (Å²) in [6, 6.07) is 9.89. The van der Waals surface area contributed by atoms with Crippen molar-refractivity contribution in [1.82, 2.24) is 9.97 Å². The number of nitrogens with one attached hydrogen (secondary N) is 1. The minimum Gasteiger partial charge on any atom is -0.495 e. The molecule has 0 atom stereocenters. The second-order valence-corrected chi connectivity index (χ2v) is 5.89. The van der Waals surface area contributed by atoms with E-state index in [1.807, 2.05) is 37.3 Å². The molecule has 23 heavy (non-hydrogen) atoms. The zero-order valence-electron chi connectivity index (χ0n) is 13.9. The standard InChI is InChI=1S/C18H24N4O/c1-14-19-17(21-15-9-5-6-10-16(15)23-2)13-18(20-14)22-11-7-3-4-8-12-22/h5-6,9-10,13H,3-4,7-8,11-12H2,1-2H3,(H,19,20,21). The van der Waals surface area contributed by atoms with Crippen molar-refractivity contribution in [2.45, 2.75) is 32.6 Å². The highest BCUT2D eigenvalue weighted by molar-refractivity contribution is 5.65. The number of para-hydroxylation sites is 2. The molecule has 1 aromatic heterocycles. The monoisotopic (exact) mass is 312 g/mol. The maximum absolute atomic E-state index is 5.39. The van der Waals surface area contributed by atoms with Crippen molar-refractivity contribution in [3.8, 4) is 5.75 Å². The van der Waals surface area contributed by atoms with E-state index >= 15 is 0 Å². The van der Waals surface area contributed by atoms with Crippen molar-refractivity contribution in [2.75, 3.05) is 30.4 Å². The number of rotatable bonds is 4. The molecule has 0 radical (unpaired) electrons. The van der Waals surface area contributed by atoms with Gasteiger partial charge in [0.25, 0.3) is 0 Å². The van der Waals surface area contributed by atoms with Gasteiger partial charge in [0.1, 0.15) is 23.2 Å². The molecule has 1 fully saturated rings. The van der Waals surface area contributed by atoms with E-state index in [0.717, 1.165) is 42.0 Å². The predicted molar refractivity (Wildman–Crippen MR) is 93.7 cm³/mol. The predicted octanol–water partition coefficient (Wildman–Crippen LogP) is 3.92. The fraction of sp³-hybridized carbons (Fsp3) is 0.444. The average molecular weight is 312 g/mol. The molecular weight excluding hydrogens is 288 g/mol. The van der Waals surface area contributed by atoms with Gasteiger partial charge in [0.15, 0.2) is 0 Å². The summed E-state index contributed by atoms with van der Waals surface area (Å²) in [4.78, 5) is 11.5. The maximum Gasteiger partial charge on any atom is 0.142 e. The van der Waals surface area contributed by atoms with Crippen LogP contribution in [-0.2, 0) is 0 Å². The molecule has 3 rings (SSSR count). The van der Waals surface area contributed by atoms with Crippen LogP contribution in [0.25, 0.3) is 0 Å². The number of aryl methyl sites for hydroxylation is 1. The zero-order chi connectivity index (χ0) is 16.1. The van der Waals surface area contributed by atoms with Crippen molar-refractivity contribution in [3.63, 3.8) is 0 Å². The lowest BCUT2D eigenvalue weighted by Gasteiger charge is -2.22.